The van der Waals surface area contributed by atoms with Crippen LogP contribution in [0, 0.1) is 12.7 Å². The van der Waals surface area contributed by atoms with Gasteiger partial charge in [-0.3, -0.25) is 4.98 Å². The van der Waals surface area contributed by atoms with Gasteiger partial charge in [0, 0.05) is 12.4 Å². The van der Waals surface area contributed by atoms with Gasteiger partial charge in [-0.05, 0) is 48.9 Å². The molecule has 1 atom stereocenters. The molecule has 0 saturated carbocycles. The first-order chi connectivity index (χ1) is 8.22. The van der Waals surface area contributed by atoms with Crippen LogP contribution < -0.4 is 5.32 Å². The second kappa shape index (κ2) is 5.06. The highest BCUT2D eigenvalue weighted by atomic mass is 19.1. The van der Waals surface area contributed by atoms with Gasteiger partial charge >= 0.3 is 0 Å². The molecule has 1 N–H and O–H groups in total. The Morgan fingerprint density at radius 3 is 2.47 bits per heavy atom. The molecule has 0 bridgehead atoms. The highest BCUT2D eigenvalue weighted by Crippen LogP contribution is 2.23. The van der Waals surface area contributed by atoms with E-state index >= 15 is 0 Å². The third-order valence-corrected chi connectivity index (χ3v) is 2.88. The molecule has 0 aliphatic rings. The highest BCUT2D eigenvalue weighted by molar-refractivity contribution is 5.34. The quantitative estimate of drug-likeness (QED) is 0.877. The van der Waals surface area contributed by atoms with Gasteiger partial charge in [0.2, 0.25) is 0 Å². The maximum atomic E-state index is 12.9. The van der Waals surface area contributed by atoms with Crippen LogP contribution in [-0.4, -0.2) is 12.0 Å². The fraction of sp³-hybridized carbons (Fsp3) is 0.214. The summed E-state index contributed by atoms with van der Waals surface area (Å²) >= 11 is 0. The van der Waals surface area contributed by atoms with Crippen molar-refractivity contribution >= 4 is 0 Å². The minimum atomic E-state index is -0.216. The van der Waals surface area contributed by atoms with Crippen LogP contribution in [0.3, 0.4) is 0 Å². The average molecular weight is 230 g/mol. The second-order valence-corrected chi connectivity index (χ2v) is 4.01. The lowest BCUT2D eigenvalue weighted by molar-refractivity contribution is 0.623. The summed E-state index contributed by atoms with van der Waals surface area (Å²) < 4.78 is 12.9. The number of aromatic nitrogens is 1. The molecule has 1 aromatic carbocycles. The fourth-order valence-corrected chi connectivity index (χ4v) is 1.94. The monoisotopic (exact) mass is 230 g/mol. The van der Waals surface area contributed by atoms with E-state index in [-0.39, 0.29) is 11.9 Å². The van der Waals surface area contributed by atoms with Crippen molar-refractivity contribution in [1.82, 2.24) is 10.3 Å². The van der Waals surface area contributed by atoms with Gasteiger partial charge < -0.3 is 5.32 Å². The Balaban J connectivity index is 2.40. The molecular weight excluding hydrogens is 215 g/mol. The molecule has 1 aromatic heterocycles. The standard InChI is InChI=1S/C14H15FN2/c1-10-7-8-17-9-13(10)14(16-2)11-3-5-12(15)6-4-11/h3-9,14,16H,1-2H3. The number of nitrogens with one attached hydrogen (secondary N) is 1. The molecular formula is C14H15FN2. The summed E-state index contributed by atoms with van der Waals surface area (Å²) in [6.07, 6.45) is 3.62. The third kappa shape index (κ3) is 2.50. The van der Waals surface area contributed by atoms with E-state index in [9.17, 15) is 4.39 Å². The number of pyridine rings is 1. The van der Waals surface area contributed by atoms with Gasteiger partial charge in [0.05, 0.1) is 6.04 Å². The predicted octanol–water partition coefficient (Wildman–Crippen LogP) is 2.84. The molecule has 2 nitrogen and oxygen atoms in total. The largest absolute Gasteiger partial charge is 0.309 e. The summed E-state index contributed by atoms with van der Waals surface area (Å²) in [4.78, 5) is 4.14. The molecule has 0 fully saturated rings. The number of hydrogen-bond acceptors (Lipinski definition) is 2. The van der Waals surface area contributed by atoms with Crippen LogP contribution in [0.4, 0.5) is 4.39 Å². The topological polar surface area (TPSA) is 24.9 Å². The first-order valence-electron chi connectivity index (χ1n) is 5.55. The van der Waals surface area contributed by atoms with E-state index in [2.05, 4.69) is 10.3 Å². The SMILES string of the molecule is CNC(c1ccc(F)cc1)c1cnccc1C. The molecule has 1 heterocycles. The van der Waals surface area contributed by atoms with Crippen LogP contribution in [0.5, 0.6) is 0 Å². The van der Waals surface area contributed by atoms with Crippen LogP contribution >= 0.6 is 0 Å². The lowest BCUT2D eigenvalue weighted by Crippen LogP contribution is -2.18. The summed E-state index contributed by atoms with van der Waals surface area (Å²) in [5.74, 6) is -0.216. The molecule has 0 amide bonds. The highest BCUT2D eigenvalue weighted by Gasteiger charge is 2.13. The zero-order valence-corrected chi connectivity index (χ0v) is 9.94. The zero-order valence-electron chi connectivity index (χ0n) is 9.94. The van der Waals surface area contributed by atoms with Crippen molar-refractivity contribution in [3.63, 3.8) is 0 Å². The number of hydrogen-bond donors (Lipinski definition) is 1. The molecule has 1 unspecified atom stereocenters. The molecule has 0 saturated heterocycles. The van der Waals surface area contributed by atoms with Gasteiger partial charge in [-0.1, -0.05) is 12.1 Å². The van der Waals surface area contributed by atoms with Crippen LogP contribution in [0.15, 0.2) is 42.7 Å². The Morgan fingerprint density at radius 2 is 1.88 bits per heavy atom. The second-order valence-electron chi connectivity index (χ2n) is 4.01. The van der Waals surface area contributed by atoms with Gasteiger partial charge in [-0.2, -0.15) is 0 Å². The van der Waals surface area contributed by atoms with Gasteiger partial charge in [0.25, 0.3) is 0 Å². The van der Waals surface area contributed by atoms with Crippen LogP contribution in [-0.2, 0) is 0 Å². The summed E-state index contributed by atoms with van der Waals surface area (Å²) in [6, 6.07) is 8.57. The van der Waals surface area contributed by atoms with Crippen molar-refractivity contribution in [3.8, 4) is 0 Å². The average Bonchev–Trinajstić information content (AvgIpc) is 2.35. The molecule has 2 aromatic rings. The summed E-state index contributed by atoms with van der Waals surface area (Å²) in [5.41, 5.74) is 3.32. The maximum absolute atomic E-state index is 12.9. The lowest BCUT2D eigenvalue weighted by atomic mass is 9.97. The van der Waals surface area contributed by atoms with Crippen LogP contribution in [0.2, 0.25) is 0 Å². The van der Waals surface area contributed by atoms with Gasteiger partial charge in [0.1, 0.15) is 5.82 Å². The van der Waals surface area contributed by atoms with E-state index in [1.54, 1.807) is 18.3 Å². The summed E-state index contributed by atoms with van der Waals surface area (Å²) in [5, 5.41) is 3.23. The maximum Gasteiger partial charge on any atom is 0.123 e. The smallest absolute Gasteiger partial charge is 0.123 e. The van der Waals surface area contributed by atoms with Crippen LogP contribution in [0.1, 0.15) is 22.7 Å². The van der Waals surface area contributed by atoms with Gasteiger partial charge in [-0.15, -0.1) is 0 Å². The minimum absolute atomic E-state index is 0.0456. The molecule has 0 spiro atoms. The van der Waals surface area contributed by atoms with Crippen molar-refractivity contribution < 1.29 is 4.39 Å². The number of nitrogens with zero attached hydrogens (tertiary/aromatic N) is 1. The third-order valence-electron chi connectivity index (χ3n) is 2.88. The van der Waals surface area contributed by atoms with E-state index in [4.69, 9.17) is 0 Å². The first kappa shape index (κ1) is 11.7. The van der Waals surface area contributed by atoms with E-state index in [1.807, 2.05) is 26.2 Å². The Bertz CT molecular complexity index is 494. The Kier molecular flexibility index (Phi) is 3.49. The predicted molar refractivity (Wildman–Crippen MR) is 66.3 cm³/mol. The van der Waals surface area contributed by atoms with E-state index in [0.717, 1.165) is 11.1 Å². The Hall–Kier alpha value is -1.74. The van der Waals surface area contributed by atoms with Gasteiger partial charge in [0.15, 0.2) is 0 Å². The number of halogens is 1. The molecule has 0 aliphatic carbocycles. The fourth-order valence-electron chi connectivity index (χ4n) is 1.94. The molecule has 88 valence electrons. The van der Waals surface area contributed by atoms with Crippen molar-refractivity contribution in [2.45, 2.75) is 13.0 Å². The molecule has 17 heavy (non-hydrogen) atoms. The molecule has 3 heteroatoms. The van der Waals surface area contributed by atoms with Gasteiger partial charge in [-0.25, -0.2) is 4.39 Å². The van der Waals surface area contributed by atoms with Crippen LogP contribution in [0.25, 0.3) is 0 Å². The Morgan fingerprint density at radius 1 is 1.18 bits per heavy atom. The number of rotatable bonds is 3. The minimum Gasteiger partial charge on any atom is -0.309 e. The summed E-state index contributed by atoms with van der Waals surface area (Å²) in [6.45, 7) is 2.05. The molecule has 0 radical (unpaired) electrons. The molecule has 0 aliphatic heterocycles. The van der Waals surface area contributed by atoms with Crippen molar-refractivity contribution in [3.05, 3.63) is 65.2 Å². The zero-order chi connectivity index (χ0) is 12.3. The molecule has 2 rings (SSSR count). The Labute approximate surface area is 101 Å². The van der Waals surface area contributed by atoms with Crippen molar-refractivity contribution in [2.75, 3.05) is 7.05 Å². The normalized spacial score (nSPS) is 12.4. The van der Waals surface area contributed by atoms with E-state index in [0.29, 0.717) is 0 Å². The number of benzene rings is 1. The first-order valence-corrected chi connectivity index (χ1v) is 5.55. The van der Waals surface area contributed by atoms with E-state index < -0.39 is 0 Å². The number of aryl methyl sites for hydroxylation is 1. The lowest BCUT2D eigenvalue weighted by Gasteiger charge is -2.18. The van der Waals surface area contributed by atoms with Crippen molar-refractivity contribution in [2.24, 2.45) is 0 Å². The van der Waals surface area contributed by atoms with E-state index in [1.165, 1.54) is 17.7 Å². The van der Waals surface area contributed by atoms with Crippen molar-refractivity contribution in [1.29, 1.82) is 0 Å². The summed E-state index contributed by atoms with van der Waals surface area (Å²) in [7, 11) is 1.89.